The van der Waals surface area contributed by atoms with E-state index in [0.29, 0.717) is 0 Å². The molecule has 0 aromatic heterocycles. The molecule has 176 valence electrons. The van der Waals surface area contributed by atoms with Gasteiger partial charge in [-0.25, -0.2) is 0 Å². The second kappa shape index (κ2) is 24.2. The van der Waals surface area contributed by atoms with Crippen LogP contribution in [-0.4, -0.2) is 24.5 Å². The van der Waals surface area contributed by atoms with E-state index in [4.69, 9.17) is 0 Å². The van der Waals surface area contributed by atoms with Crippen LogP contribution < -0.4 is 0 Å². The first-order valence-electron chi connectivity index (χ1n) is 13.9. The van der Waals surface area contributed by atoms with E-state index in [2.05, 4.69) is 32.6 Å². The molecule has 0 aliphatic rings. The highest BCUT2D eigenvalue weighted by molar-refractivity contribution is 4.60. The van der Waals surface area contributed by atoms with Gasteiger partial charge in [-0.3, -0.25) is 0 Å². The van der Waals surface area contributed by atoms with Gasteiger partial charge in [0.25, 0.3) is 0 Å². The molecule has 0 amide bonds. The Morgan fingerprint density at radius 3 is 1.07 bits per heavy atom. The Labute approximate surface area is 186 Å². The zero-order valence-electron chi connectivity index (χ0n) is 21.3. The van der Waals surface area contributed by atoms with Gasteiger partial charge < -0.3 is 4.90 Å². The fourth-order valence-corrected chi connectivity index (χ4v) is 4.34. The SMILES string of the molecule is CCCCCCCCCN(CCCCCCCCC)CCCCCCCC(C)C. The van der Waals surface area contributed by atoms with Gasteiger partial charge >= 0.3 is 0 Å². The minimum Gasteiger partial charge on any atom is -0.303 e. The molecule has 29 heavy (non-hydrogen) atoms. The van der Waals surface area contributed by atoms with Crippen LogP contribution in [0.2, 0.25) is 0 Å². The molecule has 0 aliphatic carbocycles. The molecule has 0 saturated heterocycles. The molecule has 0 unspecified atom stereocenters. The molecule has 0 saturated carbocycles. The lowest BCUT2D eigenvalue weighted by atomic mass is 10.0. The largest absolute Gasteiger partial charge is 0.303 e. The number of unbranched alkanes of at least 4 members (excludes halogenated alkanes) is 16. The standard InChI is InChI=1S/C28H59N/c1-5-7-9-11-13-17-21-25-29(26-22-18-14-12-10-8-6-2)27-23-19-15-16-20-24-28(3)4/h28H,5-27H2,1-4H3. The average molecular weight is 410 g/mol. The van der Waals surface area contributed by atoms with Crippen LogP contribution in [0, 0.1) is 5.92 Å². The fraction of sp³-hybridized carbons (Fsp3) is 1.00. The van der Waals surface area contributed by atoms with Gasteiger partial charge in [-0.15, -0.1) is 0 Å². The second-order valence-corrected chi connectivity index (χ2v) is 10.0. The molecule has 0 atom stereocenters. The van der Waals surface area contributed by atoms with E-state index in [-0.39, 0.29) is 0 Å². The minimum absolute atomic E-state index is 0.884. The van der Waals surface area contributed by atoms with Gasteiger partial charge in [0.05, 0.1) is 0 Å². The zero-order valence-corrected chi connectivity index (χ0v) is 21.3. The lowest BCUT2D eigenvalue weighted by molar-refractivity contribution is 0.254. The molecule has 0 rings (SSSR count). The smallest absolute Gasteiger partial charge is 0.00187 e. The monoisotopic (exact) mass is 409 g/mol. The lowest BCUT2D eigenvalue weighted by Gasteiger charge is -2.22. The van der Waals surface area contributed by atoms with E-state index in [1.54, 1.807) is 0 Å². The average Bonchev–Trinajstić information content (AvgIpc) is 2.70. The molecular weight excluding hydrogens is 350 g/mol. The molecule has 0 aromatic rings. The highest BCUT2D eigenvalue weighted by Crippen LogP contribution is 2.13. The highest BCUT2D eigenvalue weighted by Gasteiger charge is 2.05. The van der Waals surface area contributed by atoms with Gasteiger partial charge in [0, 0.05) is 0 Å². The summed E-state index contributed by atoms with van der Waals surface area (Å²) in [5.74, 6) is 0.884. The van der Waals surface area contributed by atoms with Crippen molar-refractivity contribution in [2.45, 2.75) is 156 Å². The van der Waals surface area contributed by atoms with E-state index in [0.717, 1.165) is 5.92 Å². The maximum absolute atomic E-state index is 2.81. The summed E-state index contributed by atoms with van der Waals surface area (Å²) in [5, 5.41) is 0. The molecule has 0 bridgehead atoms. The number of hydrogen-bond donors (Lipinski definition) is 0. The summed E-state index contributed by atoms with van der Waals surface area (Å²) in [7, 11) is 0. The molecule has 0 fully saturated rings. The van der Waals surface area contributed by atoms with Gasteiger partial charge in [-0.2, -0.15) is 0 Å². The van der Waals surface area contributed by atoms with Crippen LogP contribution >= 0.6 is 0 Å². The van der Waals surface area contributed by atoms with Gasteiger partial charge in [0.1, 0.15) is 0 Å². The van der Waals surface area contributed by atoms with Crippen LogP contribution in [0.3, 0.4) is 0 Å². The lowest BCUT2D eigenvalue weighted by Crippen LogP contribution is -2.27. The van der Waals surface area contributed by atoms with Crippen molar-refractivity contribution in [3.8, 4) is 0 Å². The minimum atomic E-state index is 0.884. The maximum Gasteiger partial charge on any atom is -0.00187 e. The van der Waals surface area contributed by atoms with Crippen LogP contribution in [0.4, 0.5) is 0 Å². The van der Waals surface area contributed by atoms with Gasteiger partial charge in [-0.1, -0.05) is 137 Å². The molecule has 1 nitrogen and oxygen atoms in total. The first-order chi connectivity index (χ1) is 14.2. The third-order valence-electron chi connectivity index (χ3n) is 6.41. The van der Waals surface area contributed by atoms with Crippen molar-refractivity contribution >= 4 is 0 Å². The maximum atomic E-state index is 2.81. The first kappa shape index (κ1) is 29.0. The summed E-state index contributed by atoms with van der Waals surface area (Å²) < 4.78 is 0. The van der Waals surface area contributed by atoms with E-state index in [1.807, 2.05) is 0 Å². The van der Waals surface area contributed by atoms with Crippen molar-refractivity contribution in [1.29, 1.82) is 0 Å². The topological polar surface area (TPSA) is 3.24 Å². The molecule has 1 heteroatoms. The van der Waals surface area contributed by atoms with E-state index in [9.17, 15) is 0 Å². The Balaban J connectivity index is 3.83. The summed E-state index contributed by atoms with van der Waals surface area (Å²) >= 11 is 0. The summed E-state index contributed by atoms with van der Waals surface area (Å²) in [5.41, 5.74) is 0. The first-order valence-corrected chi connectivity index (χ1v) is 13.9. The van der Waals surface area contributed by atoms with Crippen molar-refractivity contribution in [1.82, 2.24) is 4.90 Å². The Morgan fingerprint density at radius 1 is 0.414 bits per heavy atom. The normalized spacial score (nSPS) is 11.8. The van der Waals surface area contributed by atoms with Crippen molar-refractivity contribution in [2.75, 3.05) is 19.6 Å². The Morgan fingerprint density at radius 2 is 0.724 bits per heavy atom. The molecular formula is C28H59N. The van der Waals surface area contributed by atoms with Crippen LogP contribution in [-0.2, 0) is 0 Å². The van der Waals surface area contributed by atoms with Crippen LogP contribution in [0.1, 0.15) is 156 Å². The van der Waals surface area contributed by atoms with Crippen LogP contribution in [0.25, 0.3) is 0 Å². The Bertz CT molecular complexity index is 268. The molecule has 0 radical (unpaired) electrons. The molecule has 0 aliphatic heterocycles. The summed E-state index contributed by atoms with van der Waals surface area (Å²) in [6.45, 7) is 13.4. The van der Waals surface area contributed by atoms with E-state index < -0.39 is 0 Å². The van der Waals surface area contributed by atoms with Crippen molar-refractivity contribution < 1.29 is 0 Å². The summed E-state index contributed by atoms with van der Waals surface area (Å²) in [6.07, 6.45) is 28.7. The predicted octanol–water partition coefficient (Wildman–Crippen LogP) is 9.79. The third-order valence-corrected chi connectivity index (χ3v) is 6.41. The number of hydrogen-bond acceptors (Lipinski definition) is 1. The van der Waals surface area contributed by atoms with Crippen molar-refractivity contribution in [3.63, 3.8) is 0 Å². The predicted molar refractivity (Wildman–Crippen MR) is 135 cm³/mol. The fourth-order valence-electron chi connectivity index (χ4n) is 4.34. The van der Waals surface area contributed by atoms with Gasteiger partial charge in [0.2, 0.25) is 0 Å². The van der Waals surface area contributed by atoms with E-state index in [1.165, 1.54) is 148 Å². The Hall–Kier alpha value is -0.0400. The van der Waals surface area contributed by atoms with Gasteiger partial charge in [-0.05, 0) is 44.8 Å². The van der Waals surface area contributed by atoms with E-state index >= 15 is 0 Å². The number of rotatable bonds is 24. The molecule has 0 spiro atoms. The number of nitrogens with zero attached hydrogens (tertiary/aromatic N) is 1. The third kappa shape index (κ3) is 24.1. The van der Waals surface area contributed by atoms with Crippen LogP contribution in [0.15, 0.2) is 0 Å². The second-order valence-electron chi connectivity index (χ2n) is 10.0. The van der Waals surface area contributed by atoms with Crippen molar-refractivity contribution in [2.24, 2.45) is 5.92 Å². The molecule has 0 heterocycles. The molecule has 0 N–H and O–H groups in total. The molecule has 0 aromatic carbocycles. The quantitative estimate of drug-likeness (QED) is 0.143. The summed E-state index contributed by atoms with van der Waals surface area (Å²) in [6, 6.07) is 0. The Kier molecular flexibility index (Phi) is 24.2. The summed E-state index contributed by atoms with van der Waals surface area (Å²) in [4.78, 5) is 2.81. The van der Waals surface area contributed by atoms with Crippen molar-refractivity contribution in [3.05, 3.63) is 0 Å². The zero-order chi connectivity index (χ0) is 21.4. The highest BCUT2D eigenvalue weighted by atomic mass is 15.1. The van der Waals surface area contributed by atoms with Gasteiger partial charge in [0.15, 0.2) is 0 Å². The van der Waals surface area contributed by atoms with Crippen LogP contribution in [0.5, 0.6) is 0 Å².